The molecule has 0 bridgehead atoms. The van der Waals surface area contributed by atoms with Gasteiger partial charge >= 0.3 is 5.97 Å². The van der Waals surface area contributed by atoms with E-state index in [4.69, 9.17) is 16.6 Å². The topological polar surface area (TPSA) is 188 Å². The van der Waals surface area contributed by atoms with Gasteiger partial charge in [-0.25, -0.2) is 4.98 Å². The summed E-state index contributed by atoms with van der Waals surface area (Å²) < 4.78 is 0. The highest BCUT2D eigenvalue weighted by molar-refractivity contribution is 5.91. The lowest BCUT2D eigenvalue weighted by atomic mass is 10.1. The quantitative estimate of drug-likeness (QED) is 0.159. The highest BCUT2D eigenvalue weighted by Gasteiger charge is 2.24. The number of nitrogens with zero attached hydrogens (tertiary/aromatic N) is 1. The first-order chi connectivity index (χ1) is 13.9. The van der Waals surface area contributed by atoms with Gasteiger partial charge < -0.3 is 37.5 Å². The molecule has 29 heavy (non-hydrogen) atoms. The maximum Gasteiger partial charge on any atom is 0.322 e. The number of aromatic nitrogens is 2. The second-order valence-corrected chi connectivity index (χ2v) is 6.80. The van der Waals surface area contributed by atoms with Gasteiger partial charge in [-0.15, -0.1) is 0 Å². The number of aromatic amines is 1. The smallest absolute Gasteiger partial charge is 0.322 e. The largest absolute Gasteiger partial charge is 0.480 e. The van der Waals surface area contributed by atoms with Gasteiger partial charge in [-0.05, 0) is 45.3 Å². The summed E-state index contributed by atoms with van der Waals surface area (Å²) >= 11 is 0. The van der Waals surface area contributed by atoms with E-state index in [0.29, 0.717) is 18.7 Å². The van der Waals surface area contributed by atoms with Crippen molar-refractivity contribution in [1.82, 2.24) is 25.9 Å². The summed E-state index contributed by atoms with van der Waals surface area (Å²) in [4.78, 5) is 42.0. The highest BCUT2D eigenvalue weighted by atomic mass is 16.4. The summed E-state index contributed by atoms with van der Waals surface area (Å²) in [5.74, 6) is -2.21. The maximum atomic E-state index is 12.4. The lowest BCUT2D eigenvalue weighted by Gasteiger charge is -2.20. The third-order valence-corrected chi connectivity index (χ3v) is 4.29. The molecule has 11 nitrogen and oxygen atoms in total. The number of imidazole rings is 1. The Hall–Kier alpha value is -2.50. The third kappa shape index (κ3) is 11.2. The molecule has 9 N–H and O–H groups in total. The van der Waals surface area contributed by atoms with Crippen molar-refractivity contribution < 1.29 is 19.5 Å². The van der Waals surface area contributed by atoms with E-state index in [9.17, 15) is 14.4 Å². The lowest BCUT2D eigenvalue weighted by Crippen LogP contribution is -2.53. The van der Waals surface area contributed by atoms with Crippen molar-refractivity contribution in [3.05, 3.63) is 18.2 Å². The van der Waals surface area contributed by atoms with Crippen LogP contribution in [0.2, 0.25) is 0 Å². The zero-order valence-corrected chi connectivity index (χ0v) is 16.7. The fourth-order valence-electron chi connectivity index (χ4n) is 2.65. The highest BCUT2D eigenvalue weighted by Crippen LogP contribution is 2.03. The molecular formula is C18H33N7O4. The van der Waals surface area contributed by atoms with Crippen LogP contribution >= 0.6 is 0 Å². The molecule has 11 heteroatoms. The van der Waals surface area contributed by atoms with Crippen LogP contribution in [0.4, 0.5) is 0 Å². The lowest BCUT2D eigenvalue weighted by molar-refractivity contribution is -0.138. The predicted octanol–water partition coefficient (Wildman–Crippen LogP) is -1.54. The molecule has 1 heterocycles. The van der Waals surface area contributed by atoms with Crippen LogP contribution in [0.15, 0.2) is 12.5 Å². The van der Waals surface area contributed by atoms with E-state index >= 15 is 0 Å². The van der Waals surface area contributed by atoms with Crippen LogP contribution in [0, 0.1) is 0 Å². The van der Waals surface area contributed by atoms with Gasteiger partial charge in [0.25, 0.3) is 0 Å². The van der Waals surface area contributed by atoms with Crippen molar-refractivity contribution >= 4 is 17.8 Å². The minimum atomic E-state index is -1.17. The summed E-state index contributed by atoms with van der Waals surface area (Å²) in [7, 11) is 0. The number of carbonyl (C=O) groups is 3. The molecule has 0 unspecified atom stereocenters. The van der Waals surface area contributed by atoms with Crippen molar-refractivity contribution in [1.29, 1.82) is 0 Å². The molecule has 1 aromatic heterocycles. The minimum absolute atomic E-state index is 0.149. The number of hydrogen-bond donors (Lipinski definition) is 7. The number of rotatable bonds is 16. The van der Waals surface area contributed by atoms with Crippen LogP contribution in [0.1, 0.15) is 37.8 Å². The maximum absolute atomic E-state index is 12.4. The van der Waals surface area contributed by atoms with E-state index in [2.05, 4.69) is 25.9 Å². The summed E-state index contributed by atoms with van der Waals surface area (Å²) in [5.41, 5.74) is 12.0. The zero-order valence-electron chi connectivity index (χ0n) is 16.7. The van der Waals surface area contributed by atoms with E-state index in [1.165, 1.54) is 12.5 Å². The number of carbonyl (C=O) groups excluding carboxylic acids is 2. The van der Waals surface area contributed by atoms with Crippen molar-refractivity contribution in [3.8, 4) is 0 Å². The summed E-state index contributed by atoms with van der Waals surface area (Å²) in [6.07, 6.45) is 7.33. The van der Waals surface area contributed by atoms with Gasteiger partial charge in [0, 0.05) is 18.3 Å². The van der Waals surface area contributed by atoms with Gasteiger partial charge in [0.2, 0.25) is 11.8 Å². The SMILES string of the molecule is NCCCCNCCCC[C@H](N)C(=O)N[C@@H](Cc1cnc[nH]1)C(=O)NCC(=O)O. The Bertz CT molecular complexity index is 609. The molecule has 2 amide bonds. The molecule has 0 fully saturated rings. The molecule has 0 spiro atoms. The Labute approximate surface area is 170 Å². The van der Waals surface area contributed by atoms with Gasteiger partial charge in [0.15, 0.2) is 0 Å². The van der Waals surface area contributed by atoms with Crippen molar-refractivity contribution in [3.63, 3.8) is 0 Å². The first-order valence-electron chi connectivity index (χ1n) is 9.87. The van der Waals surface area contributed by atoms with Crippen LogP contribution in [0.5, 0.6) is 0 Å². The number of hydrogen-bond acceptors (Lipinski definition) is 7. The standard InChI is InChI=1S/C18H33N7O4/c19-6-2-4-8-21-7-3-1-5-14(20)17(28)25-15(9-13-10-22-12-24-13)18(29)23-11-16(26)27/h10,12,14-15,21H,1-9,11,19-20H2,(H,22,24)(H,23,29)(H,25,28)(H,26,27)/t14-,15-/m0/s1. The minimum Gasteiger partial charge on any atom is -0.480 e. The molecule has 2 atom stereocenters. The first kappa shape index (κ1) is 24.5. The number of amides is 2. The number of aliphatic carboxylic acids is 1. The van der Waals surface area contributed by atoms with E-state index in [0.717, 1.165) is 38.8 Å². The second kappa shape index (κ2) is 14.5. The number of unbranched alkanes of at least 4 members (excludes halogenated alkanes) is 2. The van der Waals surface area contributed by atoms with E-state index in [-0.39, 0.29) is 6.42 Å². The Morgan fingerprint density at radius 1 is 1.14 bits per heavy atom. The molecule has 1 aromatic rings. The molecular weight excluding hydrogens is 378 g/mol. The molecule has 164 valence electrons. The van der Waals surface area contributed by atoms with Gasteiger partial charge in [-0.1, -0.05) is 6.42 Å². The molecule has 0 aromatic carbocycles. The third-order valence-electron chi connectivity index (χ3n) is 4.29. The molecule has 0 aliphatic carbocycles. The summed E-state index contributed by atoms with van der Waals surface area (Å²) in [5, 5.41) is 16.9. The van der Waals surface area contributed by atoms with Crippen LogP contribution in [-0.2, 0) is 20.8 Å². The van der Waals surface area contributed by atoms with Crippen LogP contribution in [0.3, 0.4) is 0 Å². The van der Waals surface area contributed by atoms with Crippen molar-refractivity contribution in [2.45, 2.75) is 50.6 Å². The van der Waals surface area contributed by atoms with E-state index < -0.39 is 36.4 Å². The summed E-state index contributed by atoms with van der Waals surface area (Å²) in [6.45, 7) is 1.93. The van der Waals surface area contributed by atoms with Crippen molar-refractivity contribution in [2.75, 3.05) is 26.2 Å². The van der Waals surface area contributed by atoms with Crippen LogP contribution < -0.4 is 27.4 Å². The molecule has 0 aliphatic rings. The molecule has 0 saturated carbocycles. The first-order valence-corrected chi connectivity index (χ1v) is 9.87. The van der Waals surface area contributed by atoms with Gasteiger partial charge in [0.1, 0.15) is 12.6 Å². The van der Waals surface area contributed by atoms with E-state index in [1.54, 1.807) is 0 Å². The Kier molecular flexibility index (Phi) is 12.3. The number of nitrogens with two attached hydrogens (primary N) is 2. The fourth-order valence-corrected chi connectivity index (χ4v) is 2.65. The molecule has 1 rings (SSSR count). The molecule has 0 saturated heterocycles. The van der Waals surface area contributed by atoms with E-state index in [1.807, 2.05) is 0 Å². The van der Waals surface area contributed by atoms with Gasteiger partial charge in [0.05, 0.1) is 12.4 Å². The van der Waals surface area contributed by atoms with Crippen LogP contribution in [-0.4, -0.2) is 71.1 Å². The zero-order chi connectivity index (χ0) is 21.5. The number of carboxylic acids is 1. The Morgan fingerprint density at radius 2 is 1.86 bits per heavy atom. The average molecular weight is 412 g/mol. The number of carboxylic acid groups (broad SMARTS) is 1. The normalized spacial score (nSPS) is 12.9. The summed E-state index contributed by atoms with van der Waals surface area (Å²) in [6, 6.07) is -1.69. The fraction of sp³-hybridized carbons (Fsp3) is 0.667. The molecule has 0 radical (unpaired) electrons. The monoisotopic (exact) mass is 411 g/mol. The van der Waals surface area contributed by atoms with Crippen LogP contribution in [0.25, 0.3) is 0 Å². The number of H-pyrrole nitrogens is 1. The number of nitrogens with one attached hydrogen (secondary N) is 4. The Morgan fingerprint density at radius 3 is 2.48 bits per heavy atom. The average Bonchev–Trinajstić information content (AvgIpc) is 3.20. The second-order valence-electron chi connectivity index (χ2n) is 6.80. The Balaban J connectivity index is 2.40. The predicted molar refractivity (Wildman–Crippen MR) is 108 cm³/mol. The van der Waals surface area contributed by atoms with Gasteiger partial charge in [-0.3, -0.25) is 14.4 Å². The van der Waals surface area contributed by atoms with Gasteiger partial charge in [-0.2, -0.15) is 0 Å². The molecule has 0 aliphatic heterocycles. The van der Waals surface area contributed by atoms with Crippen molar-refractivity contribution in [2.24, 2.45) is 11.5 Å².